The quantitative estimate of drug-likeness (QED) is 0.716. The number of nitrogens with zero attached hydrogens (tertiary/aromatic N) is 2. The van der Waals surface area contributed by atoms with Crippen LogP contribution < -0.4 is 5.73 Å². The third-order valence-corrected chi connectivity index (χ3v) is 1.86. The fourth-order valence-electron chi connectivity index (χ4n) is 1.12. The van der Waals surface area contributed by atoms with Crippen LogP contribution in [-0.4, -0.2) is 35.2 Å². The van der Waals surface area contributed by atoms with Crippen molar-refractivity contribution >= 4 is 17.8 Å². The topological polar surface area (TPSA) is 96.4 Å². The maximum atomic E-state index is 11.2. The van der Waals surface area contributed by atoms with Gasteiger partial charge in [-0.15, -0.1) is 0 Å². The van der Waals surface area contributed by atoms with Crippen molar-refractivity contribution in [2.24, 2.45) is 0 Å². The lowest BCUT2D eigenvalue weighted by Crippen LogP contribution is -2.15. The summed E-state index contributed by atoms with van der Waals surface area (Å²) >= 11 is 0. The first-order chi connectivity index (χ1) is 7.60. The highest BCUT2D eigenvalue weighted by Crippen LogP contribution is 2.11. The third kappa shape index (κ3) is 2.50. The summed E-state index contributed by atoms with van der Waals surface area (Å²) in [5.41, 5.74) is 5.61. The highest BCUT2D eigenvalue weighted by Gasteiger charge is 2.17. The molecule has 0 saturated carbocycles. The predicted molar refractivity (Wildman–Crippen MR) is 54.6 cm³/mol. The number of aromatic nitrogens is 2. The van der Waals surface area contributed by atoms with Gasteiger partial charge in [-0.2, -0.15) is 0 Å². The zero-order valence-electron chi connectivity index (χ0n) is 9.10. The van der Waals surface area contributed by atoms with Gasteiger partial charge in [0, 0.05) is 0 Å². The van der Waals surface area contributed by atoms with Gasteiger partial charge < -0.3 is 19.8 Å². The summed E-state index contributed by atoms with van der Waals surface area (Å²) in [5.74, 6) is -0.997. The molecule has 7 heteroatoms. The van der Waals surface area contributed by atoms with E-state index in [2.05, 4.69) is 9.72 Å². The number of ether oxygens (including phenoxy) is 2. The van der Waals surface area contributed by atoms with Crippen molar-refractivity contribution in [2.75, 3.05) is 19.5 Å². The van der Waals surface area contributed by atoms with Gasteiger partial charge in [-0.05, 0) is 6.92 Å². The summed E-state index contributed by atoms with van der Waals surface area (Å²) in [5, 5.41) is 0. The minimum atomic E-state index is -0.639. The zero-order valence-corrected chi connectivity index (χ0v) is 9.10. The van der Waals surface area contributed by atoms with Crippen molar-refractivity contribution in [3.63, 3.8) is 0 Å². The SMILES string of the molecule is CCOC(=O)Cn1cnc(C(=O)OC)c1N. The number of nitrogen functional groups attached to an aromatic ring is 1. The van der Waals surface area contributed by atoms with Gasteiger partial charge >= 0.3 is 11.9 Å². The molecule has 0 aliphatic carbocycles. The van der Waals surface area contributed by atoms with Crippen LogP contribution in [0.25, 0.3) is 0 Å². The molecule has 0 radical (unpaired) electrons. The Balaban J connectivity index is 2.80. The molecule has 0 aliphatic heterocycles. The van der Waals surface area contributed by atoms with Gasteiger partial charge in [-0.25, -0.2) is 9.78 Å². The molecule has 0 atom stereocenters. The first-order valence-corrected chi connectivity index (χ1v) is 4.64. The van der Waals surface area contributed by atoms with Crippen molar-refractivity contribution in [2.45, 2.75) is 13.5 Å². The number of carbonyl (C=O) groups excluding carboxylic acids is 2. The van der Waals surface area contributed by atoms with Crippen LogP contribution in [0.2, 0.25) is 0 Å². The fraction of sp³-hybridized carbons (Fsp3) is 0.444. The van der Waals surface area contributed by atoms with E-state index < -0.39 is 11.9 Å². The Bertz CT molecular complexity index is 399. The summed E-state index contributed by atoms with van der Waals surface area (Å²) in [6.45, 7) is 1.91. The minimum absolute atomic E-state index is 0.00759. The van der Waals surface area contributed by atoms with E-state index in [1.54, 1.807) is 6.92 Å². The van der Waals surface area contributed by atoms with Crippen molar-refractivity contribution in [1.29, 1.82) is 0 Å². The molecule has 1 rings (SSSR count). The van der Waals surface area contributed by atoms with Crippen LogP contribution in [0, 0.1) is 0 Å². The van der Waals surface area contributed by atoms with E-state index in [1.165, 1.54) is 18.0 Å². The molecule has 1 aromatic heterocycles. The number of nitrogens with two attached hydrogens (primary N) is 1. The lowest BCUT2D eigenvalue weighted by atomic mass is 10.4. The molecule has 0 unspecified atom stereocenters. The summed E-state index contributed by atoms with van der Waals surface area (Å²) < 4.78 is 10.5. The van der Waals surface area contributed by atoms with E-state index >= 15 is 0 Å². The lowest BCUT2D eigenvalue weighted by molar-refractivity contribution is -0.143. The Kier molecular flexibility index (Phi) is 3.87. The summed E-state index contributed by atoms with van der Waals surface area (Å²) in [4.78, 5) is 26.1. The maximum absolute atomic E-state index is 11.2. The molecule has 0 saturated heterocycles. The van der Waals surface area contributed by atoms with Crippen LogP contribution in [-0.2, 0) is 20.8 Å². The first-order valence-electron chi connectivity index (χ1n) is 4.64. The Morgan fingerprint density at radius 3 is 2.81 bits per heavy atom. The van der Waals surface area contributed by atoms with E-state index in [1.807, 2.05) is 0 Å². The third-order valence-electron chi connectivity index (χ3n) is 1.86. The Morgan fingerprint density at radius 1 is 1.56 bits per heavy atom. The maximum Gasteiger partial charge on any atom is 0.360 e. The molecule has 1 heterocycles. The molecule has 16 heavy (non-hydrogen) atoms. The van der Waals surface area contributed by atoms with Crippen LogP contribution in [0.4, 0.5) is 5.82 Å². The number of rotatable bonds is 4. The Labute approximate surface area is 92.1 Å². The largest absolute Gasteiger partial charge is 0.465 e. The number of methoxy groups -OCH3 is 1. The van der Waals surface area contributed by atoms with E-state index in [0.29, 0.717) is 0 Å². The van der Waals surface area contributed by atoms with E-state index in [9.17, 15) is 9.59 Å². The van der Waals surface area contributed by atoms with E-state index in [4.69, 9.17) is 10.5 Å². The Hall–Kier alpha value is -2.05. The molecule has 0 fully saturated rings. The van der Waals surface area contributed by atoms with Crippen molar-refractivity contribution in [3.05, 3.63) is 12.0 Å². The number of hydrogen-bond donors (Lipinski definition) is 1. The summed E-state index contributed by atoms with van der Waals surface area (Å²) in [6.07, 6.45) is 1.29. The molecule has 88 valence electrons. The second-order valence-electron chi connectivity index (χ2n) is 2.90. The molecule has 1 aromatic rings. The van der Waals surface area contributed by atoms with E-state index in [0.717, 1.165) is 0 Å². The van der Waals surface area contributed by atoms with Crippen molar-refractivity contribution in [3.8, 4) is 0 Å². The highest BCUT2D eigenvalue weighted by molar-refractivity contribution is 5.92. The van der Waals surface area contributed by atoms with Crippen LogP contribution in [0.15, 0.2) is 6.33 Å². The predicted octanol–water partition coefficient (Wildman–Crippen LogP) is -0.185. The lowest BCUT2D eigenvalue weighted by Gasteiger charge is -2.04. The van der Waals surface area contributed by atoms with Crippen LogP contribution >= 0.6 is 0 Å². The summed E-state index contributed by atoms with van der Waals surface area (Å²) in [6, 6.07) is 0. The minimum Gasteiger partial charge on any atom is -0.465 e. The molecular weight excluding hydrogens is 214 g/mol. The van der Waals surface area contributed by atoms with Gasteiger partial charge in [0.25, 0.3) is 0 Å². The normalized spacial score (nSPS) is 9.88. The standard InChI is InChI=1S/C9H13N3O4/c1-3-16-6(13)4-12-5-11-7(8(12)10)9(14)15-2/h5H,3-4,10H2,1-2H3. The molecule has 7 nitrogen and oxygen atoms in total. The number of hydrogen-bond acceptors (Lipinski definition) is 6. The summed E-state index contributed by atoms with van der Waals surface area (Å²) in [7, 11) is 1.23. The number of anilines is 1. The number of imidazole rings is 1. The molecule has 0 spiro atoms. The smallest absolute Gasteiger partial charge is 0.360 e. The number of carbonyl (C=O) groups is 2. The fourth-order valence-corrected chi connectivity index (χ4v) is 1.12. The first kappa shape index (κ1) is 12.0. The molecule has 0 bridgehead atoms. The van der Waals surface area contributed by atoms with Gasteiger partial charge in [0.2, 0.25) is 0 Å². The van der Waals surface area contributed by atoms with Crippen molar-refractivity contribution < 1.29 is 19.1 Å². The second-order valence-corrected chi connectivity index (χ2v) is 2.90. The van der Waals surface area contributed by atoms with Gasteiger partial charge in [-0.1, -0.05) is 0 Å². The Morgan fingerprint density at radius 2 is 2.25 bits per heavy atom. The molecule has 0 aliphatic rings. The van der Waals surface area contributed by atoms with E-state index in [-0.39, 0.29) is 24.7 Å². The zero-order chi connectivity index (χ0) is 12.1. The van der Waals surface area contributed by atoms with Crippen LogP contribution in [0.1, 0.15) is 17.4 Å². The number of esters is 2. The van der Waals surface area contributed by atoms with Gasteiger partial charge in [-0.3, -0.25) is 4.79 Å². The molecule has 0 aromatic carbocycles. The molecule has 0 amide bonds. The average molecular weight is 227 g/mol. The van der Waals surface area contributed by atoms with Gasteiger partial charge in [0.05, 0.1) is 20.0 Å². The highest BCUT2D eigenvalue weighted by atomic mass is 16.5. The van der Waals surface area contributed by atoms with Crippen LogP contribution in [0.5, 0.6) is 0 Å². The van der Waals surface area contributed by atoms with Gasteiger partial charge in [0.15, 0.2) is 5.69 Å². The van der Waals surface area contributed by atoms with Crippen molar-refractivity contribution in [1.82, 2.24) is 9.55 Å². The van der Waals surface area contributed by atoms with Crippen LogP contribution in [0.3, 0.4) is 0 Å². The van der Waals surface area contributed by atoms with Gasteiger partial charge in [0.1, 0.15) is 12.4 Å². The molecule has 2 N–H and O–H groups in total. The molecular formula is C9H13N3O4. The monoisotopic (exact) mass is 227 g/mol. The average Bonchev–Trinajstić information content (AvgIpc) is 2.60. The second kappa shape index (κ2) is 5.15.